The lowest BCUT2D eigenvalue weighted by molar-refractivity contribution is -0.150. The third-order valence-electron chi connectivity index (χ3n) is 5.65. The maximum atomic E-state index is 13.3. The number of benzene rings is 1. The fraction of sp³-hybridized carbons (Fsp3) is 0.609. The number of hydrogen-bond donors (Lipinski definition) is 3. The highest BCUT2D eigenvalue weighted by Gasteiger charge is 2.49. The van der Waals surface area contributed by atoms with Gasteiger partial charge in [-0.3, -0.25) is 14.9 Å². The molecular formula is C23H34N2O5S3. The molecule has 2 N–H and O–H groups in total. The number of hydrogen-bond acceptors (Lipinski definition) is 8. The van der Waals surface area contributed by atoms with Gasteiger partial charge in [0.05, 0.1) is 10.1 Å². The molecule has 4 unspecified atom stereocenters. The van der Waals surface area contributed by atoms with E-state index in [-0.39, 0.29) is 16.6 Å². The molecule has 0 aromatic heterocycles. The van der Waals surface area contributed by atoms with Gasteiger partial charge in [0, 0.05) is 18.7 Å². The van der Waals surface area contributed by atoms with E-state index < -0.39 is 30.1 Å². The number of aryl methyl sites for hydroxylation is 1. The third-order valence-corrected chi connectivity index (χ3v) is 8.83. The van der Waals surface area contributed by atoms with Crippen molar-refractivity contribution in [2.45, 2.75) is 55.3 Å². The highest BCUT2D eigenvalue weighted by molar-refractivity contribution is 8.18. The van der Waals surface area contributed by atoms with Gasteiger partial charge in [0.15, 0.2) is 0 Å². The molecule has 0 saturated carbocycles. The lowest BCUT2D eigenvalue weighted by Gasteiger charge is -2.29. The van der Waals surface area contributed by atoms with Crippen LogP contribution in [0.25, 0.3) is 0 Å². The summed E-state index contributed by atoms with van der Waals surface area (Å²) in [6, 6.07) is 7.47. The number of aliphatic carboxylic acids is 1. The summed E-state index contributed by atoms with van der Waals surface area (Å²) in [5.41, 5.74) is 1.08. The van der Waals surface area contributed by atoms with Crippen LogP contribution < -0.4 is 5.32 Å². The largest absolute Gasteiger partial charge is 0.480 e. The molecule has 1 aliphatic heterocycles. The van der Waals surface area contributed by atoms with E-state index in [1.54, 1.807) is 30.4 Å². The lowest BCUT2D eigenvalue weighted by Crippen LogP contribution is -2.53. The number of nitrogens with one attached hydrogen (secondary N) is 1. The smallest absolute Gasteiger partial charge is 0.326 e. The number of carboxylic acids is 1. The number of thiol groups is 1. The summed E-state index contributed by atoms with van der Waals surface area (Å²) >= 11 is 7.36. The molecule has 1 aromatic rings. The molecule has 0 aliphatic carbocycles. The lowest BCUT2D eigenvalue weighted by atomic mass is 10.0. The van der Waals surface area contributed by atoms with E-state index in [1.165, 1.54) is 4.90 Å². The molecule has 33 heavy (non-hydrogen) atoms. The Morgan fingerprint density at radius 2 is 2.03 bits per heavy atom. The van der Waals surface area contributed by atoms with Gasteiger partial charge in [-0.05, 0) is 37.3 Å². The van der Waals surface area contributed by atoms with E-state index in [2.05, 4.69) is 17.9 Å². The Hall–Kier alpha value is -1.36. The normalized spacial score (nSPS) is 22.1. The molecule has 1 fully saturated rings. The quantitative estimate of drug-likeness (QED) is 0.210. The number of carbonyl (C=O) groups excluding carboxylic acids is 2. The monoisotopic (exact) mass is 514 g/mol. The number of carboxylic acid groups (broad SMARTS) is 1. The molecule has 0 spiro atoms. The number of nitrogens with zero attached hydrogens (tertiary/aromatic N) is 1. The number of rotatable bonds is 13. The van der Waals surface area contributed by atoms with Crippen LogP contribution in [0.15, 0.2) is 30.3 Å². The van der Waals surface area contributed by atoms with Gasteiger partial charge in [-0.1, -0.05) is 37.3 Å². The molecular weight excluding hydrogens is 480 g/mol. The molecule has 1 aromatic carbocycles. The molecule has 0 bridgehead atoms. The first-order valence-electron chi connectivity index (χ1n) is 11.1. The maximum absolute atomic E-state index is 13.3. The van der Waals surface area contributed by atoms with Crippen LogP contribution in [0, 0.1) is 0 Å². The zero-order valence-electron chi connectivity index (χ0n) is 19.4. The van der Waals surface area contributed by atoms with Crippen molar-refractivity contribution in [3.63, 3.8) is 0 Å². The number of esters is 1. The van der Waals surface area contributed by atoms with E-state index in [4.69, 9.17) is 4.74 Å². The molecule has 0 radical (unpaired) electrons. The zero-order chi connectivity index (χ0) is 24.4. The molecule has 10 heteroatoms. The van der Waals surface area contributed by atoms with Crippen LogP contribution in [-0.2, 0) is 25.5 Å². The van der Waals surface area contributed by atoms with Crippen LogP contribution in [0.4, 0.5) is 0 Å². The van der Waals surface area contributed by atoms with E-state index in [1.807, 2.05) is 43.5 Å². The second kappa shape index (κ2) is 13.5. The molecule has 2 rings (SSSR count). The number of thioether (sulfide) groups is 2. The summed E-state index contributed by atoms with van der Waals surface area (Å²) in [7, 11) is 0. The second-order valence-electron chi connectivity index (χ2n) is 7.93. The molecule has 7 nitrogen and oxygen atoms in total. The van der Waals surface area contributed by atoms with Gasteiger partial charge in [-0.25, -0.2) is 4.79 Å². The summed E-state index contributed by atoms with van der Waals surface area (Å²) in [4.78, 5) is 39.4. The van der Waals surface area contributed by atoms with Gasteiger partial charge in [-0.15, -0.1) is 23.5 Å². The van der Waals surface area contributed by atoms with Crippen molar-refractivity contribution >= 4 is 54.0 Å². The minimum Gasteiger partial charge on any atom is -0.480 e. The first-order chi connectivity index (χ1) is 15.8. The van der Waals surface area contributed by atoms with Crippen LogP contribution in [0.5, 0.6) is 0 Å². The van der Waals surface area contributed by atoms with Crippen LogP contribution in [0.3, 0.4) is 0 Å². The van der Waals surface area contributed by atoms with Crippen molar-refractivity contribution in [3.8, 4) is 0 Å². The van der Waals surface area contributed by atoms with Crippen molar-refractivity contribution < 1.29 is 24.2 Å². The Morgan fingerprint density at radius 1 is 1.33 bits per heavy atom. The zero-order valence-corrected chi connectivity index (χ0v) is 21.9. The second-order valence-corrected chi connectivity index (χ2v) is 11.5. The van der Waals surface area contributed by atoms with Gasteiger partial charge in [0.25, 0.3) is 0 Å². The van der Waals surface area contributed by atoms with E-state index in [0.717, 1.165) is 11.3 Å². The topological polar surface area (TPSA) is 95.9 Å². The van der Waals surface area contributed by atoms with E-state index in [0.29, 0.717) is 31.6 Å². The highest BCUT2D eigenvalue weighted by Crippen LogP contribution is 2.46. The van der Waals surface area contributed by atoms with Crippen molar-refractivity contribution in [1.29, 1.82) is 0 Å². The summed E-state index contributed by atoms with van der Waals surface area (Å²) < 4.78 is 4.94. The minimum atomic E-state index is -1.00. The summed E-state index contributed by atoms with van der Waals surface area (Å²) in [6.45, 7) is 4.24. The molecule has 1 heterocycles. The van der Waals surface area contributed by atoms with Crippen LogP contribution in [0.1, 0.15) is 32.3 Å². The van der Waals surface area contributed by atoms with Gasteiger partial charge in [0.1, 0.15) is 18.7 Å². The van der Waals surface area contributed by atoms with Crippen molar-refractivity contribution in [2.24, 2.45) is 0 Å². The number of likely N-dealkylation sites (tertiary alicyclic amines) is 1. The van der Waals surface area contributed by atoms with Crippen LogP contribution in [-0.4, -0.2) is 81.0 Å². The van der Waals surface area contributed by atoms with Gasteiger partial charge < -0.3 is 14.7 Å². The predicted octanol–water partition coefficient (Wildman–Crippen LogP) is 2.94. The molecule has 1 saturated heterocycles. The Kier molecular flexibility index (Phi) is 11.4. The Morgan fingerprint density at radius 3 is 2.61 bits per heavy atom. The fourth-order valence-electron chi connectivity index (χ4n) is 3.96. The SMILES string of the molecule is CCSC1(SC)CC(C(=O)O)N(C(=O)C(C)NC(CCc2ccccc2)C(=O)OCCS)C1. The Labute approximate surface area is 210 Å². The fourth-order valence-corrected chi connectivity index (χ4v) is 6.50. The summed E-state index contributed by atoms with van der Waals surface area (Å²) in [6.07, 6.45) is 3.44. The first kappa shape index (κ1) is 27.9. The van der Waals surface area contributed by atoms with Crippen molar-refractivity contribution in [2.75, 3.05) is 30.9 Å². The molecule has 1 aliphatic rings. The third kappa shape index (κ3) is 7.83. The van der Waals surface area contributed by atoms with Gasteiger partial charge >= 0.3 is 11.9 Å². The first-order valence-corrected chi connectivity index (χ1v) is 13.9. The Bertz CT molecular complexity index is 798. The van der Waals surface area contributed by atoms with Crippen LogP contribution in [0.2, 0.25) is 0 Å². The van der Waals surface area contributed by atoms with E-state index >= 15 is 0 Å². The standard InChI is InChI=1S/C23H34N2O5S3/c1-4-33-23(32-3)14-19(21(27)28)25(15-23)20(26)16(2)24-18(22(29)30-12-13-31)11-10-17-8-6-5-7-9-17/h5-9,16,18-19,24,31H,4,10-15H2,1-3H3,(H,27,28). The molecule has 4 atom stereocenters. The summed E-state index contributed by atoms with van der Waals surface area (Å²) in [5, 5.41) is 12.9. The average molecular weight is 515 g/mol. The van der Waals surface area contributed by atoms with Gasteiger partial charge in [-0.2, -0.15) is 12.6 Å². The van der Waals surface area contributed by atoms with Crippen molar-refractivity contribution in [1.82, 2.24) is 10.2 Å². The minimum absolute atomic E-state index is 0.186. The average Bonchev–Trinajstić information content (AvgIpc) is 3.20. The maximum Gasteiger partial charge on any atom is 0.326 e. The summed E-state index contributed by atoms with van der Waals surface area (Å²) in [5.74, 6) is -0.512. The van der Waals surface area contributed by atoms with Gasteiger partial charge in [0.2, 0.25) is 5.91 Å². The predicted molar refractivity (Wildman–Crippen MR) is 138 cm³/mol. The number of carbonyl (C=O) groups is 3. The number of ether oxygens (including phenoxy) is 1. The van der Waals surface area contributed by atoms with Crippen molar-refractivity contribution in [3.05, 3.63) is 35.9 Å². The molecule has 184 valence electrons. The molecule has 1 amide bonds. The number of amides is 1. The van der Waals surface area contributed by atoms with Crippen LogP contribution >= 0.6 is 36.2 Å². The van der Waals surface area contributed by atoms with E-state index in [9.17, 15) is 19.5 Å². The highest BCUT2D eigenvalue weighted by atomic mass is 32.2. The Balaban J connectivity index is 2.13.